The summed E-state index contributed by atoms with van der Waals surface area (Å²) in [5.74, 6) is 1.41. The second-order valence-electron chi connectivity index (χ2n) is 24.0. The van der Waals surface area contributed by atoms with Gasteiger partial charge in [-0.25, -0.2) is 58.0 Å². The van der Waals surface area contributed by atoms with Crippen LogP contribution in [0.1, 0.15) is 148 Å². The molecule has 0 spiro atoms. The van der Waals surface area contributed by atoms with Crippen LogP contribution >= 0.6 is 34.8 Å². The average molecular weight is 1390 g/mol. The lowest BCUT2D eigenvalue weighted by molar-refractivity contribution is 0.239. The molecule has 0 saturated carbocycles. The van der Waals surface area contributed by atoms with E-state index >= 15 is 13.2 Å². The maximum Gasteiger partial charge on any atom is 0.153 e. The molecular weight excluding hydrogens is 1330 g/mol. The Hall–Kier alpha value is -11.1. The Morgan fingerprint density at radius 2 is 0.667 bits per heavy atom. The average Bonchev–Trinajstić information content (AvgIpc) is 1.76. The number of nitrogen functional groups attached to an aromatic ring is 3. The molecule has 3 atom stereocenters. The minimum Gasteiger partial charge on any atom is -0.490 e. The number of ether oxygens (including phenoxy) is 3. The number of benzene rings is 3. The van der Waals surface area contributed by atoms with Gasteiger partial charge >= 0.3 is 0 Å². The minimum absolute atomic E-state index is 0.0499. The first-order chi connectivity index (χ1) is 47.2. The van der Waals surface area contributed by atoms with Crippen molar-refractivity contribution in [1.82, 2.24) is 58.1 Å². The second-order valence-corrected chi connectivity index (χ2v) is 25.2. The highest BCUT2D eigenvalue weighted by Gasteiger charge is 2.32. The molecule has 12 aromatic rings. The number of nitrogens with zero attached hydrogens (tertiary/aromatic N) is 15. The molecule has 504 valence electrons. The quantitative estimate of drug-likeness (QED) is 0.0859. The molecule has 6 N–H and O–H groups in total. The van der Waals surface area contributed by atoms with Gasteiger partial charge < -0.3 is 31.4 Å². The Morgan fingerprint density at radius 3 is 0.879 bits per heavy atom. The number of nitrogens with two attached hydrogens (primary N) is 3. The molecule has 0 aliphatic rings. The number of fused-ring (bicyclic) bond motifs is 3. The maximum atomic E-state index is 15.4. The summed E-state index contributed by atoms with van der Waals surface area (Å²) < 4.78 is 70.2. The molecule has 0 radical (unpaired) electrons. The number of aromatic nitrogens is 12. The van der Waals surface area contributed by atoms with Crippen molar-refractivity contribution < 1.29 is 27.4 Å². The molecule has 21 nitrogen and oxygen atoms in total. The molecule has 0 bridgehead atoms. The van der Waals surface area contributed by atoms with Gasteiger partial charge in [-0.3, -0.25) is 13.2 Å². The molecule has 1 unspecified atom stereocenters. The van der Waals surface area contributed by atoms with E-state index in [1.165, 1.54) is 36.8 Å². The van der Waals surface area contributed by atoms with E-state index in [4.69, 9.17) is 97.0 Å². The zero-order chi connectivity index (χ0) is 71.6. The fourth-order valence-electron chi connectivity index (χ4n) is 11.7. The van der Waals surface area contributed by atoms with Crippen molar-refractivity contribution in [3.05, 3.63) is 211 Å². The van der Waals surface area contributed by atoms with E-state index in [0.717, 1.165) is 33.6 Å². The molecule has 12 rings (SSSR count). The zero-order valence-corrected chi connectivity index (χ0v) is 58.1. The smallest absolute Gasteiger partial charge is 0.153 e. The molecule has 0 saturated heterocycles. The molecule has 0 amide bonds. The van der Waals surface area contributed by atoms with E-state index in [0.29, 0.717) is 85.6 Å². The number of aryl methyl sites for hydroxylation is 3. The van der Waals surface area contributed by atoms with Gasteiger partial charge in [0, 0.05) is 107 Å². The first kappa shape index (κ1) is 70.7. The van der Waals surface area contributed by atoms with Crippen LogP contribution in [-0.2, 0) is 0 Å². The van der Waals surface area contributed by atoms with Crippen molar-refractivity contribution in [2.24, 2.45) is 0 Å². The van der Waals surface area contributed by atoms with Crippen molar-refractivity contribution in [3.63, 3.8) is 0 Å². The number of hydrogen-bond donors (Lipinski definition) is 3. The van der Waals surface area contributed by atoms with E-state index in [1.54, 1.807) is 73.6 Å². The summed E-state index contributed by atoms with van der Waals surface area (Å²) >= 11 is 19.1. The Kier molecular flexibility index (Phi) is 20.9. The lowest BCUT2D eigenvalue weighted by Gasteiger charge is -2.23. The summed E-state index contributed by atoms with van der Waals surface area (Å²) in [6.45, 7) is 22.6. The first-order valence-electron chi connectivity index (χ1n) is 31.1. The fourth-order valence-corrected chi connectivity index (χ4v) is 12.3. The standard InChI is InChI=1S/3C24H22ClFN6O/c3*1-12(2)33-22-17(13(3)24-31-14(4)21-23(28)29-7-8-32(21)24)9-18(25)20(26)19(22)15-5-6-16(10-27)30-11-15/h3*5-9,11-13H,1-4H3,(H2,28,29)/t2*13-;/m10./s1. The van der Waals surface area contributed by atoms with Crippen LogP contribution in [0.4, 0.5) is 30.6 Å². The second kappa shape index (κ2) is 29.3. The molecule has 9 heterocycles. The Balaban J connectivity index is 0.000000161. The maximum absolute atomic E-state index is 15.4. The predicted molar refractivity (Wildman–Crippen MR) is 374 cm³/mol. The van der Waals surface area contributed by atoms with Crippen LogP contribution in [-0.4, -0.2) is 76.4 Å². The highest BCUT2D eigenvalue weighted by molar-refractivity contribution is 6.32. The fraction of sp³-hybridized carbons (Fsp3) is 0.250. The van der Waals surface area contributed by atoms with Crippen molar-refractivity contribution in [2.45, 2.75) is 119 Å². The van der Waals surface area contributed by atoms with E-state index in [1.807, 2.05) is 114 Å². The molecule has 3 aromatic carbocycles. The largest absolute Gasteiger partial charge is 0.490 e. The van der Waals surface area contributed by atoms with Crippen LogP contribution in [0.25, 0.3) is 49.9 Å². The monoisotopic (exact) mass is 1390 g/mol. The Labute approximate surface area is 583 Å². The van der Waals surface area contributed by atoms with Crippen molar-refractivity contribution >= 4 is 68.8 Å². The van der Waals surface area contributed by atoms with Gasteiger partial charge in [0.25, 0.3) is 0 Å². The molecule has 0 fully saturated rings. The van der Waals surface area contributed by atoms with E-state index < -0.39 is 17.5 Å². The predicted octanol–water partition coefficient (Wildman–Crippen LogP) is 15.9. The van der Waals surface area contributed by atoms with Gasteiger partial charge in [-0.15, -0.1) is 0 Å². The summed E-state index contributed by atoms with van der Waals surface area (Å²) in [4.78, 5) is 38.9. The third-order valence-electron chi connectivity index (χ3n) is 16.1. The number of anilines is 3. The van der Waals surface area contributed by atoms with Crippen LogP contribution in [0.2, 0.25) is 15.1 Å². The van der Waals surface area contributed by atoms with Crippen molar-refractivity contribution in [2.75, 3.05) is 17.2 Å². The van der Waals surface area contributed by atoms with Gasteiger partial charge in [-0.05, 0) is 117 Å². The van der Waals surface area contributed by atoms with Gasteiger partial charge in [0.1, 0.15) is 104 Å². The zero-order valence-electron chi connectivity index (χ0n) is 55.8. The van der Waals surface area contributed by atoms with Gasteiger partial charge in [-0.2, -0.15) is 15.8 Å². The van der Waals surface area contributed by atoms with E-state index in [-0.39, 0.29) is 84.9 Å². The lowest BCUT2D eigenvalue weighted by Crippen LogP contribution is -2.13. The molecule has 0 aliphatic heterocycles. The first-order valence-corrected chi connectivity index (χ1v) is 32.2. The summed E-state index contributed by atoms with van der Waals surface area (Å²) in [7, 11) is 0. The van der Waals surface area contributed by atoms with Crippen LogP contribution in [0, 0.1) is 72.2 Å². The number of halogens is 6. The van der Waals surface area contributed by atoms with E-state index in [2.05, 4.69) is 29.9 Å². The van der Waals surface area contributed by atoms with E-state index in [9.17, 15) is 0 Å². The number of rotatable bonds is 15. The Morgan fingerprint density at radius 1 is 0.414 bits per heavy atom. The molecular formula is C72H66Cl3F3N18O3. The van der Waals surface area contributed by atoms with Crippen LogP contribution in [0.5, 0.6) is 17.2 Å². The number of hydrogen-bond acceptors (Lipinski definition) is 18. The minimum atomic E-state index is -0.618. The Bertz CT molecular complexity index is 4690. The molecule has 0 aliphatic carbocycles. The summed E-state index contributed by atoms with van der Waals surface area (Å²) in [6, 6.07) is 20.1. The third kappa shape index (κ3) is 14.1. The normalized spacial score (nSPS) is 12.2. The van der Waals surface area contributed by atoms with Crippen molar-refractivity contribution in [3.8, 4) is 68.8 Å². The lowest BCUT2D eigenvalue weighted by atomic mass is 9.93. The summed E-state index contributed by atoms with van der Waals surface area (Å²) in [5, 5.41) is 27.1. The third-order valence-corrected chi connectivity index (χ3v) is 16.9. The van der Waals surface area contributed by atoms with Gasteiger partial charge in [0.15, 0.2) is 17.5 Å². The SMILES string of the molecule is Cc1nc(C(C)c2cc(Cl)c(F)c(-c3ccc(C#N)nc3)c2OC(C)C)n2ccnc(N)c12.Cc1nc([C@@H](C)c2cc(Cl)c(F)c(-c3ccc(C#N)nc3)c2OC(C)C)n2ccnc(N)c12.Cc1nc([C@H](C)c2cc(Cl)c(F)c(-c3ccc(C#N)nc3)c2OC(C)C)n2ccnc(N)c12. The van der Waals surface area contributed by atoms with Crippen LogP contribution in [0.15, 0.2) is 110 Å². The number of pyridine rings is 3. The highest BCUT2D eigenvalue weighted by atomic mass is 35.5. The molecule has 27 heteroatoms. The number of nitriles is 3. The molecule has 99 heavy (non-hydrogen) atoms. The van der Waals surface area contributed by atoms with Crippen LogP contribution in [0.3, 0.4) is 0 Å². The number of imidazole rings is 3. The van der Waals surface area contributed by atoms with Crippen LogP contribution < -0.4 is 31.4 Å². The summed E-state index contributed by atoms with van der Waals surface area (Å²) in [5.41, 5.74) is 27.2. The van der Waals surface area contributed by atoms with Gasteiger partial charge in [0.2, 0.25) is 0 Å². The van der Waals surface area contributed by atoms with Gasteiger partial charge in [-0.1, -0.05) is 55.6 Å². The molecule has 9 aromatic heterocycles. The van der Waals surface area contributed by atoms with Crippen molar-refractivity contribution in [1.29, 1.82) is 15.8 Å². The topological polar surface area (TPSA) is 306 Å². The highest BCUT2D eigenvalue weighted by Crippen LogP contribution is 2.48. The summed E-state index contributed by atoms with van der Waals surface area (Å²) in [6.07, 6.45) is 13.8. The van der Waals surface area contributed by atoms with Gasteiger partial charge in [0.05, 0.1) is 67.2 Å².